The van der Waals surface area contributed by atoms with Crippen molar-refractivity contribution in [2.24, 2.45) is 5.92 Å². The van der Waals surface area contributed by atoms with E-state index in [1.807, 2.05) is 61.2 Å². The van der Waals surface area contributed by atoms with E-state index in [2.05, 4.69) is 11.4 Å². The molecule has 1 aliphatic heterocycles. The van der Waals surface area contributed by atoms with Crippen molar-refractivity contribution in [3.8, 4) is 11.5 Å². The van der Waals surface area contributed by atoms with Crippen LogP contribution in [0.25, 0.3) is 0 Å². The first-order valence-electron chi connectivity index (χ1n) is 10.4. The number of carbonyl (C=O) groups is 1. The van der Waals surface area contributed by atoms with E-state index in [9.17, 15) is 4.79 Å². The largest absolute Gasteiger partial charge is 0.493 e. The Labute approximate surface area is 174 Å². The van der Waals surface area contributed by atoms with E-state index in [0.717, 1.165) is 55.1 Å². The Bertz CT molecular complexity index is 784. The van der Waals surface area contributed by atoms with Gasteiger partial charge < -0.3 is 19.7 Å². The van der Waals surface area contributed by atoms with Crippen molar-refractivity contribution in [1.29, 1.82) is 0 Å². The normalized spacial score (nSPS) is 14.8. The fourth-order valence-corrected chi connectivity index (χ4v) is 3.61. The summed E-state index contributed by atoms with van der Waals surface area (Å²) in [6, 6.07) is 16.6. The summed E-state index contributed by atoms with van der Waals surface area (Å²) in [5.41, 5.74) is 2.29. The number of benzene rings is 2. The van der Waals surface area contributed by atoms with E-state index >= 15 is 0 Å². The van der Waals surface area contributed by atoms with Crippen LogP contribution in [0, 0.1) is 5.92 Å². The summed E-state index contributed by atoms with van der Waals surface area (Å²) in [5.74, 6) is 1.84. The zero-order valence-electron chi connectivity index (χ0n) is 17.7. The van der Waals surface area contributed by atoms with Crippen LogP contribution in [0.5, 0.6) is 11.5 Å². The van der Waals surface area contributed by atoms with Crippen LogP contribution in [-0.2, 0) is 17.9 Å². The molecule has 0 aromatic heterocycles. The second-order valence-electron chi connectivity index (χ2n) is 7.89. The molecule has 1 fully saturated rings. The number of piperidine rings is 1. The SMILES string of the molecule is COc1ccc(CNC2CCN(C(=O)C(C)C)CC2)cc1OCc1ccccc1. The Hall–Kier alpha value is -2.53. The van der Waals surface area contributed by atoms with Gasteiger partial charge in [-0.25, -0.2) is 0 Å². The first-order chi connectivity index (χ1) is 14.1. The third-order valence-corrected chi connectivity index (χ3v) is 5.36. The van der Waals surface area contributed by atoms with Gasteiger partial charge in [-0.05, 0) is 36.1 Å². The summed E-state index contributed by atoms with van der Waals surface area (Å²) in [5, 5.41) is 3.63. The summed E-state index contributed by atoms with van der Waals surface area (Å²) < 4.78 is 11.5. The molecule has 29 heavy (non-hydrogen) atoms. The van der Waals surface area contributed by atoms with Gasteiger partial charge in [-0.15, -0.1) is 0 Å². The van der Waals surface area contributed by atoms with Crippen LogP contribution in [-0.4, -0.2) is 37.0 Å². The fourth-order valence-electron chi connectivity index (χ4n) is 3.61. The molecule has 1 amide bonds. The molecule has 0 saturated carbocycles. The number of carbonyl (C=O) groups excluding carboxylic acids is 1. The molecule has 0 unspecified atom stereocenters. The molecule has 3 rings (SSSR count). The lowest BCUT2D eigenvalue weighted by Crippen LogP contribution is -2.45. The lowest BCUT2D eigenvalue weighted by Gasteiger charge is -2.33. The highest BCUT2D eigenvalue weighted by molar-refractivity contribution is 5.78. The first kappa shape index (κ1) is 21.2. The summed E-state index contributed by atoms with van der Waals surface area (Å²) in [7, 11) is 1.66. The number of methoxy groups -OCH3 is 1. The predicted molar refractivity (Wildman–Crippen MR) is 115 cm³/mol. The molecule has 1 saturated heterocycles. The standard InChI is InChI=1S/C24H32N2O3/c1-18(2)24(27)26-13-11-21(12-14-26)25-16-20-9-10-22(28-3)23(15-20)29-17-19-7-5-4-6-8-19/h4-10,15,18,21,25H,11-14,16-17H2,1-3H3. The van der Waals surface area contributed by atoms with Gasteiger partial charge >= 0.3 is 0 Å². The number of hydrogen-bond donors (Lipinski definition) is 1. The maximum absolute atomic E-state index is 12.1. The Balaban J connectivity index is 1.53. The van der Waals surface area contributed by atoms with E-state index in [4.69, 9.17) is 9.47 Å². The number of ether oxygens (including phenoxy) is 2. The Morgan fingerprint density at radius 1 is 1.07 bits per heavy atom. The summed E-state index contributed by atoms with van der Waals surface area (Å²) >= 11 is 0. The third kappa shape index (κ3) is 5.97. The van der Waals surface area contributed by atoms with Crippen molar-refractivity contribution < 1.29 is 14.3 Å². The number of rotatable bonds is 8. The highest BCUT2D eigenvalue weighted by atomic mass is 16.5. The maximum Gasteiger partial charge on any atom is 0.225 e. The second-order valence-corrected chi connectivity index (χ2v) is 7.89. The van der Waals surface area contributed by atoms with Crippen molar-refractivity contribution >= 4 is 5.91 Å². The smallest absolute Gasteiger partial charge is 0.225 e. The number of nitrogens with one attached hydrogen (secondary N) is 1. The summed E-state index contributed by atoms with van der Waals surface area (Å²) in [6.07, 6.45) is 1.98. The van der Waals surface area contributed by atoms with Gasteiger partial charge in [-0.2, -0.15) is 0 Å². The lowest BCUT2D eigenvalue weighted by molar-refractivity contribution is -0.135. The molecule has 2 aromatic carbocycles. The molecule has 0 bridgehead atoms. The van der Waals surface area contributed by atoms with Crippen molar-refractivity contribution in [2.45, 2.75) is 45.9 Å². The molecule has 2 aromatic rings. The molecule has 0 spiro atoms. The van der Waals surface area contributed by atoms with Crippen LogP contribution >= 0.6 is 0 Å². The minimum absolute atomic E-state index is 0.0770. The zero-order valence-corrected chi connectivity index (χ0v) is 17.7. The Kier molecular flexibility index (Phi) is 7.53. The average Bonchev–Trinajstić information content (AvgIpc) is 2.76. The van der Waals surface area contributed by atoms with Gasteiger partial charge in [-0.3, -0.25) is 4.79 Å². The number of hydrogen-bond acceptors (Lipinski definition) is 4. The second kappa shape index (κ2) is 10.3. The van der Waals surface area contributed by atoms with Crippen LogP contribution in [0.4, 0.5) is 0 Å². The van der Waals surface area contributed by atoms with E-state index in [1.54, 1.807) is 7.11 Å². The lowest BCUT2D eigenvalue weighted by atomic mass is 10.0. The topological polar surface area (TPSA) is 50.8 Å². The molecule has 0 radical (unpaired) electrons. The zero-order chi connectivity index (χ0) is 20.6. The Morgan fingerprint density at radius 3 is 2.45 bits per heavy atom. The van der Waals surface area contributed by atoms with Crippen LogP contribution in [0.1, 0.15) is 37.8 Å². The van der Waals surface area contributed by atoms with Gasteiger partial charge in [0, 0.05) is 31.6 Å². The Morgan fingerprint density at radius 2 is 1.79 bits per heavy atom. The molecule has 1 N–H and O–H groups in total. The van der Waals surface area contributed by atoms with Crippen molar-refractivity contribution in [2.75, 3.05) is 20.2 Å². The number of likely N-dealkylation sites (tertiary alicyclic amines) is 1. The fraction of sp³-hybridized carbons (Fsp3) is 0.458. The molecule has 5 nitrogen and oxygen atoms in total. The highest BCUT2D eigenvalue weighted by Crippen LogP contribution is 2.29. The van der Waals surface area contributed by atoms with Crippen LogP contribution in [0.15, 0.2) is 48.5 Å². The van der Waals surface area contributed by atoms with Gasteiger partial charge in [0.2, 0.25) is 5.91 Å². The van der Waals surface area contributed by atoms with E-state index < -0.39 is 0 Å². The minimum Gasteiger partial charge on any atom is -0.493 e. The van der Waals surface area contributed by atoms with E-state index in [0.29, 0.717) is 12.6 Å². The number of amides is 1. The maximum atomic E-state index is 12.1. The van der Waals surface area contributed by atoms with Gasteiger partial charge in [0.25, 0.3) is 0 Å². The molecule has 0 atom stereocenters. The van der Waals surface area contributed by atoms with Gasteiger partial charge in [0.05, 0.1) is 7.11 Å². The summed E-state index contributed by atoms with van der Waals surface area (Å²) in [6.45, 7) is 6.89. The molecule has 1 heterocycles. The predicted octanol–water partition coefficient (Wildman–Crippen LogP) is 4.01. The minimum atomic E-state index is 0.0770. The van der Waals surface area contributed by atoms with Crippen molar-refractivity contribution in [3.05, 3.63) is 59.7 Å². The van der Waals surface area contributed by atoms with Crippen molar-refractivity contribution in [1.82, 2.24) is 10.2 Å². The van der Waals surface area contributed by atoms with Gasteiger partial charge in [0.15, 0.2) is 11.5 Å². The average molecular weight is 397 g/mol. The van der Waals surface area contributed by atoms with E-state index in [-0.39, 0.29) is 11.8 Å². The third-order valence-electron chi connectivity index (χ3n) is 5.36. The van der Waals surface area contributed by atoms with Crippen LogP contribution in [0.2, 0.25) is 0 Å². The van der Waals surface area contributed by atoms with Crippen LogP contribution < -0.4 is 14.8 Å². The first-order valence-corrected chi connectivity index (χ1v) is 10.4. The monoisotopic (exact) mass is 396 g/mol. The summed E-state index contributed by atoms with van der Waals surface area (Å²) in [4.78, 5) is 14.1. The molecule has 0 aliphatic carbocycles. The van der Waals surface area contributed by atoms with Crippen LogP contribution in [0.3, 0.4) is 0 Å². The molecular formula is C24H32N2O3. The quantitative estimate of drug-likeness (QED) is 0.732. The van der Waals surface area contributed by atoms with Gasteiger partial charge in [-0.1, -0.05) is 50.2 Å². The molecular weight excluding hydrogens is 364 g/mol. The molecule has 5 heteroatoms. The van der Waals surface area contributed by atoms with Gasteiger partial charge in [0.1, 0.15) is 6.61 Å². The molecule has 1 aliphatic rings. The number of nitrogens with zero attached hydrogens (tertiary/aromatic N) is 1. The van der Waals surface area contributed by atoms with Crippen molar-refractivity contribution in [3.63, 3.8) is 0 Å². The highest BCUT2D eigenvalue weighted by Gasteiger charge is 2.23. The molecule has 156 valence electrons. The van der Waals surface area contributed by atoms with E-state index in [1.165, 1.54) is 0 Å².